The Labute approximate surface area is 127 Å². The molecule has 0 spiro atoms. The molecule has 0 unspecified atom stereocenters. The van der Waals surface area contributed by atoms with Gasteiger partial charge in [-0.05, 0) is 48.9 Å². The van der Waals surface area contributed by atoms with Crippen molar-refractivity contribution >= 4 is 34.6 Å². The zero-order valence-corrected chi connectivity index (χ0v) is 12.5. The van der Waals surface area contributed by atoms with Gasteiger partial charge in [-0.15, -0.1) is 0 Å². The zero-order valence-electron chi connectivity index (χ0n) is 11.7. The van der Waals surface area contributed by atoms with Crippen LogP contribution in [0.1, 0.15) is 16.9 Å². The first-order valence-electron chi connectivity index (χ1n) is 6.53. The molecule has 1 N–H and O–H groups in total. The van der Waals surface area contributed by atoms with Gasteiger partial charge in [0.2, 0.25) is 0 Å². The van der Waals surface area contributed by atoms with Crippen LogP contribution < -0.4 is 5.32 Å². The molecule has 3 rings (SSSR count). The minimum Gasteiger partial charge on any atom is -0.465 e. The van der Waals surface area contributed by atoms with E-state index in [1.54, 1.807) is 18.4 Å². The number of aryl methyl sites for hydroxylation is 2. The lowest BCUT2D eigenvalue weighted by molar-refractivity contribution is -0.115. The second-order valence-corrected chi connectivity index (χ2v) is 5.77. The van der Waals surface area contributed by atoms with Gasteiger partial charge >= 0.3 is 0 Å². The summed E-state index contributed by atoms with van der Waals surface area (Å²) >= 11 is 1.32. The van der Waals surface area contributed by atoms with Crippen molar-refractivity contribution < 1.29 is 9.21 Å². The molecule has 2 heterocycles. The average Bonchev–Trinajstić information content (AvgIpc) is 3.06. The molecule has 1 amide bonds. The number of benzene rings is 1. The topological polar surface area (TPSA) is 54.6 Å². The highest BCUT2D eigenvalue weighted by atomic mass is 32.2. The molecular formula is C16H14N2O2S. The molecule has 0 aliphatic carbocycles. The number of amidine groups is 1. The summed E-state index contributed by atoms with van der Waals surface area (Å²) in [4.78, 5) is 17.1. The smallest absolute Gasteiger partial charge is 0.264 e. The van der Waals surface area contributed by atoms with Crippen LogP contribution in [0.4, 0.5) is 5.69 Å². The van der Waals surface area contributed by atoms with Gasteiger partial charge < -0.3 is 9.73 Å². The quantitative estimate of drug-likeness (QED) is 0.858. The second kappa shape index (κ2) is 5.61. The van der Waals surface area contributed by atoms with Crippen LogP contribution in [0.2, 0.25) is 0 Å². The fraction of sp³-hybridized carbons (Fsp3) is 0.125. The van der Waals surface area contributed by atoms with E-state index >= 15 is 0 Å². The molecule has 0 radical (unpaired) electrons. The fourth-order valence-electron chi connectivity index (χ4n) is 2.07. The number of hydrogen-bond donors (Lipinski definition) is 1. The summed E-state index contributed by atoms with van der Waals surface area (Å²) in [5.74, 6) is 0.502. The number of aliphatic imine (C=N–C) groups is 1. The van der Waals surface area contributed by atoms with Crippen LogP contribution in [0, 0.1) is 13.8 Å². The number of furan rings is 1. The molecule has 0 atom stereocenters. The summed E-state index contributed by atoms with van der Waals surface area (Å²) in [6, 6.07) is 9.61. The molecule has 1 aromatic heterocycles. The maximum absolute atomic E-state index is 11.9. The van der Waals surface area contributed by atoms with E-state index in [0.717, 1.165) is 16.8 Å². The van der Waals surface area contributed by atoms with E-state index < -0.39 is 0 Å². The normalized spacial score (nSPS) is 18.5. The van der Waals surface area contributed by atoms with Crippen LogP contribution in [-0.2, 0) is 4.79 Å². The molecule has 106 valence electrons. The van der Waals surface area contributed by atoms with E-state index in [-0.39, 0.29) is 5.91 Å². The van der Waals surface area contributed by atoms with Crippen molar-refractivity contribution in [2.75, 3.05) is 0 Å². The maximum atomic E-state index is 11.9. The molecule has 1 saturated heterocycles. The van der Waals surface area contributed by atoms with E-state index in [1.807, 2.05) is 38.1 Å². The molecule has 0 saturated carbocycles. The van der Waals surface area contributed by atoms with Gasteiger partial charge in [-0.3, -0.25) is 4.79 Å². The van der Waals surface area contributed by atoms with Crippen LogP contribution in [0.5, 0.6) is 0 Å². The van der Waals surface area contributed by atoms with Crippen molar-refractivity contribution in [1.82, 2.24) is 5.32 Å². The van der Waals surface area contributed by atoms with Gasteiger partial charge in [0.05, 0.1) is 16.9 Å². The second-order valence-electron chi connectivity index (χ2n) is 4.74. The van der Waals surface area contributed by atoms with Crippen LogP contribution in [0.15, 0.2) is 50.9 Å². The average molecular weight is 298 g/mol. The molecule has 5 heteroatoms. The van der Waals surface area contributed by atoms with Gasteiger partial charge in [-0.25, -0.2) is 4.99 Å². The first-order chi connectivity index (χ1) is 10.1. The summed E-state index contributed by atoms with van der Waals surface area (Å²) in [5, 5.41) is 3.38. The highest BCUT2D eigenvalue weighted by Gasteiger charge is 2.24. The first kappa shape index (κ1) is 13.7. The predicted octanol–water partition coefficient (Wildman–Crippen LogP) is 3.79. The van der Waals surface area contributed by atoms with Crippen LogP contribution in [0.3, 0.4) is 0 Å². The van der Waals surface area contributed by atoms with Gasteiger partial charge in [0.25, 0.3) is 5.91 Å². The molecule has 21 heavy (non-hydrogen) atoms. The number of carbonyl (C=O) groups excluding carboxylic acids is 1. The number of thioether (sulfide) groups is 1. The van der Waals surface area contributed by atoms with Crippen molar-refractivity contribution in [3.63, 3.8) is 0 Å². The lowest BCUT2D eigenvalue weighted by Gasteiger charge is -2.04. The van der Waals surface area contributed by atoms with Crippen LogP contribution in [-0.4, -0.2) is 11.1 Å². The Morgan fingerprint density at radius 2 is 1.95 bits per heavy atom. The minimum absolute atomic E-state index is 0.151. The number of para-hydroxylation sites is 1. The molecule has 4 nitrogen and oxygen atoms in total. The molecule has 2 aromatic rings. The standard InChI is InChI=1S/C16H14N2O2S/c1-10-5-3-6-11(2)14(10)17-16-18-15(19)13(21-16)9-12-7-4-8-20-12/h3-9H,1-2H3,(H,17,18,19)/b13-9+. The van der Waals surface area contributed by atoms with E-state index in [0.29, 0.717) is 15.8 Å². The Morgan fingerprint density at radius 1 is 1.19 bits per heavy atom. The summed E-state index contributed by atoms with van der Waals surface area (Å²) in [7, 11) is 0. The Bertz CT molecular complexity index is 725. The van der Waals surface area contributed by atoms with Gasteiger partial charge in [0, 0.05) is 6.08 Å². The third-order valence-electron chi connectivity index (χ3n) is 3.12. The summed E-state index contributed by atoms with van der Waals surface area (Å²) in [6.07, 6.45) is 3.29. The highest BCUT2D eigenvalue weighted by molar-refractivity contribution is 8.18. The Kier molecular flexibility index (Phi) is 3.66. The molecule has 0 bridgehead atoms. The number of rotatable bonds is 2. The zero-order chi connectivity index (χ0) is 14.8. The lowest BCUT2D eigenvalue weighted by atomic mass is 10.1. The number of carbonyl (C=O) groups is 1. The predicted molar refractivity (Wildman–Crippen MR) is 85.4 cm³/mol. The molecule has 1 aliphatic heterocycles. The van der Waals surface area contributed by atoms with Crippen molar-refractivity contribution in [3.05, 3.63) is 58.4 Å². The number of hydrogen-bond acceptors (Lipinski definition) is 4. The van der Waals surface area contributed by atoms with E-state index in [1.165, 1.54) is 11.8 Å². The molecule has 1 fully saturated rings. The number of amides is 1. The summed E-state index contributed by atoms with van der Waals surface area (Å²) < 4.78 is 5.23. The number of nitrogens with zero attached hydrogens (tertiary/aromatic N) is 1. The van der Waals surface area contributed by atoms with Crippen molar-refractivity contribution in [2.24, 2.45) is 4.99 Å². The highest BCUT2D eigenvalue weighted by Crippen LogP contribution is 2.30. The van der Waals surface area contributed by atoms with Crippen molar-refractivity contribution in [2.45, 2.75) is 13.8 Å². The lowest BCUT2D eigenvalue weighted by Crippen LogP contribution is -2.19. The SMILES string of the molecule is Cc1cccc(C)c1N=C1NC(=O)/C(=C\c2ccco2)S1. The largest absolute Gasteiger partial charge is 0.465 e. The minimum atomic E-state index is -0.151. The van der Waals surface area contributed by atoms with E-state index in [2.05, 4.69) is 10.3 Å². The number of nitrogens with one attached hydrogen (secondary N) is 1. The van der Waals surface area contributed by atoms with E-state index in [4.69, 9.17) is 4.42 Å². The van der Waals surface area contributed by atoms with E-state index in [9.17, 15) is 4.79 Å². The van der Waals surface area contributed by atoms with Crippen molar-refractivity contribution in [1.29, 1.82) is 0 Å². The van der Waals surface area contributed by atoms with Gasteiger partial charge in [-0.2, -0.15) is 0 Å². The van der Waals surface area contributed by atoms with Crippen LogP contribution in [0.25, 0.3) is 6.08 Å². The molecule has 1 aromatic carbocycles. The third-order valence-corrected chi connectivity index (χ3v) is 4.03. The maximum Gasteiger partial charge on any atom is 0.264 e. The van der Waals surface area contributed by atoms with Gasteiger partial charge in [0.1, 0.15) is 5.76 Å². The Hall–Kier alpha value is -2.27. The monoisotopic (exact) mass is 298 g/mol. The Morgan fingerprint density at radius 3 is 2.62 bits per heavy atom. The Balaban J connectivity index is 1.89. The molecular weight excluding hydrogens is 284 g/mol. The third kappa shape index (κ3) is 2.92. The first-order valence-corrected chi connectivity index (χ1v) is 7.34. The fourth-order valence-corrected chi connectivity index (χ4v) is 2.87. The molecule has 1 aliphatic rings. The van der Waals surface area contributed by atoms with Crippen molar-refractivity contribution in [3.8, 4) is 0 Å². The summed E-state index contributed by atoms with van der Waals surface area (Å²) in [5.41, 5.74) is 3.07. The van der Waals surface area contributed by atoms with Crippen LogP contribution >= 0.6 is 11.8 Å². The van der Waals surface area contributed by atoms with Gasteiger partial charge in [0.15, 0.2) is 5.17 Å². The summed E-state index contributed by atoms with van der Waals surface area (Å²) in [6.45, 7) is 4.01. The van der Waals surface area contributed by atoms with Gasteiger partial charge in [-0.1, -0.05) is 18.2 Å².